The second-order valence-corrected chi connectivity index (χ2v) is 4.66. The van der Waals surface area contributed by atoms with Gasteiger partial charge in [-0.2, -0.15) is 0 Å². The highest BCUT2D eigenvalue weighted by Gasteiger charge is 2.25. The summed E-state index contributed by atoms with van der Waals surface area (Å²) in [6.45, 7) is 2.30. The number of imidazole rings is 1. The first-order valence-electron chi connectivity index (χ1n) is 6.15. The van der Waals surface area contributed by atoms with Crippen LogP contribution >= 0.6 is 0 Å². The summed E-state index contributed by atoms with van der Waals surface area (Å²) in [4.78, 5) is 15.2. The van der Waals surface area contributed by atoms with Crippen LogP contribution in [0.2, 0.25) is 0 Å². The predicted molar refractivity (Wildman–Crippen MR) is 68.5 cm³/mol. The normalized spacial score (nSPS) is 17.0. The third-order valence-corrected chi connectivity index (χ3v) is 3.37. The van der Waals surface area contributed by atoms with E-state index in [0.29, 0.717) is 12.4 Å². The van der Waals surface area contributed by atoms with E-state index in [1.54, 1.807) is 11.5 Å². The number of aryl methyl sites for hydroxylation is 1. The van der Waals surface area contributed by atoms with Gasteiger partial charge in [0.25, 0.3) is 0 Å². The maximum atomic E-state index is 11.1. The fraction of sp³-hybridized carbons (Fsp3) is 0.286. The summed E-state index contributed by atoms with van der Waals surface area (Å²) < 4.78 is 7.52. The van der Waals surface area contributed by atoms with E-state index in [2.05, 4.69) is 4.98 Å². The number of aromatic carboxylic acids is 1. The molecule has 1 unspecified atom stereocenters. The number of fused-ring (bicyclic) bond motifs is 1. The number of carbonyl (C=O) groups is 1. The van der Waals surface area contributed by atoms with Crippen LogP contribution in [-0.4, -0.2) is 26.7 Å². The highest BCUT2D eigenvalue weighted by molar-refractivity contribution is 5.85. The summed E-state index contributed by atoms with van der Waals surface area (Å²) >= 11 is 0. The lowest BCUT2D eigenvalue weighted by atomic mass is 10.1. The van der Waals surface area contributed by atoms with E-state index >= 15 is 0 Å². The van der Waals surface area contributed by atoms with Crippen molar-refractivity contribution in [1.82, 2.24) is 9.55 Å². The number of hydrogen-bond acceptors (Lipinski definition) is 3. The number of carboxylic acid groups (broad SMARTS) is 1. The van der Waals surface area contributed by atoms with Gasteiger partial charge in [-0.25, -0.2) is 9.78 Å². The van der Waals surface area contributed by atoms with Crippen LogP contribution < -0.4 is 4.74 Å². The number of nitrogens with zero attached hydrogens (tertiary/aromatic N) is 2. The maximum absolute atomic E-state index is 11.1. The van der Waals surface area contributed by atoms with Gasteiger partial charge in [0.2, 0.25) is 0 Å². The second-order valence-electron chi connectivity index (χ2n) is 4.66. The number of aromatic nitrogens is 2. The zero-order chi connectivity index (χ0) is 13.4. The quantitative estimate of drug-likeness (QED) is 0.913. The van der Waals surface area contributed by atoms with E-state index in [-0.39, 0.29) is 11.8 Å². The lowest BCUT2D eigenvalue weighted by Gasteiger charge is -2.14. The van der Waals surface area contributed by atoms with Gasteiger partial charge in [0, 0.05) is 6.42 Å². The average Bonchev–Trinajstić information content (AvgIpc) is 2.94. The SMILES string of the molecule is Cc1ncc(C(=O)O)n1CC1Cc2ccccc2O1. The van der Waals surface area contributed by atoms with Crippen molar-refractivity contribution < 1.29 is 14.6 Å². The first kappa shape index (κ1) is 11.8. The van der Waals surface area contributed by atoms with E-state index < -0.39 is 5.97 Å². The minimum Gasteiger partial charge on any atom is -0.488 e. The van der Waals surface area contributed by atoms with Gasteiger partial charge in [-0.3, -0.25) is 0 Å². The fourth-order valence-electron chi connectivity index (χ4n) is 2.43. The smallest absolute Gasteiger partial charge is 0.354 e. The monoisotopic (exact) mass is 258 g/mol. The third kappa shape index (κ3) is 2.07. The third-order valence-electron chi connectivity index (χ3n) is 3.37. The molecule has 0 saturated carbocycles. The molecular formula is C14H14N2O3. The molecule has 98 valence electrons. The molecule has 0 spiro atoms. The molecule has 1 aromatic carbocycles. The van der Waals surface area contributed by atoms with Crippen LogP contribution in [0.25, 0.3) is 0 Å². The van der Waals surface area contributed by atoms with Crippen LogP contribution in [0.1, 0.15) is 21.9 Å². The van der Waals surface area contributed by atoms with E-state index in [9.17, 15) is 4.79 Å². The van der Waals surface area contributed by atoms with Crippen LogP contribution in [0.4, 0.5) is 0 Å². The molecule has 19 heavy (non-hydrogen) atoms. The van der Waals surface area contributed by atoms with Crippen molar-refractivity contribution in [2.75, 3.05) is 0 Å². The van der Waals surface area contributed by atoms with Crippen molar-refractivity contribution in [3.05, 3.63) is 47.5 Å². The zero-order valence-corrected chi connectivity index (χ0v) is 10.5. The summed E-state index contributed by atoms with van der Waals surface area (Å²) in [7, 11) is 0. The Kier molecular flexibility index (Phi) is 2.74. The van der Waals surface area contributed by atoms with Gasteiger partial charge in [-0.15, -0.1) is 0 Å². The minimum absolute atomic E-state index is 0.0385. The molecule has 2 aromatic rings. The van der Waals surface area contributed by atoms with E-state index in [0.717, 1.165) is 12.2 Å². The molecule has 1 aliphatic rings. The van der Waals surface area contributed by atoms with Gasteiger partial charge in [0.05, 0.1) is 12.7 Å². The van der Waals surface area contributed by atoms with Gasteiger partial charge < -0.3 is 14.4 Å². The molecular weight excluding hydrogens is 244 g/mol. The second kappa shape index (κ2) is 4.42. The van der Waals surface area contributed by atoms with Crippen molar-refractivity contribution in [1.29, 1.82) is 0 Å². The standard InChI is InChI=1S/C14H14N2O3/c1-9-15-7-12(14(17)18)16(9)8-11-6-10-4-2-3-5-13(10)19-11/h2-5,7,11H,6,8H2,1H3,(H,17,18). The van der Waals surface area contributed by atoms with Gasteiger partial charge in [0.1, 0.15) is 23.4 Å². The Morgan fingerprint density at radius 1 is 1.53 bits per heavy atom. The molecule has 0 radical (unpaired) electrons. The highest BCUT2D eigenvalue weighted by atomic mass is 16.5. The zero-order valence-electron chi connectivity index (χ0n) is 10.5. The number of carboxylic acids is 1. The van der Waals surface area contributed by atoms with Crippen molar-refractivity contribution >= 4 is 5.97 Å². The Labute approximate surface area is 110 Å². The summed E-state index contributed by atoms with van der Waals surface area (Å²) in [6.07, 6.45) is 2.15. The van der Waals surface area contributed by atoms with Crippen molar-refractivity contribution in [2.24, 2.45) is 0 Å². The topological polar surface area (TPSA) is 64.3 Å². The number of rotatable bonds is 3. The lowest BCUT2D eigenvalue weighted by molar-refractivity contribution is 0.0681. The molecule has 1 aromatic heterocycles. The molecule has 0 amide bonds. The predicted octanol–water partition coefficient (Wildman–Crippen LogP) is 1.89. The largest absolute Gasteiger partial charge is 0.488 e. The molecule has 0 fully saturated rings. The average molecular weight is 258 g/mol. The Balaban J connectivity index is 1.81. The molecule has 5 nitrogen and oxygen atoms in total. The van der Waals surface area contributed by atoms with Crippen LogP contribution in [0.15, 0.2) is 30.5 Å². The molecule has 0 saturated heterocycles. The van der Waals surface area contributed by atoms with Gasteiger partial charge in [-0.05, 0) is 18.6 Å². The van der Waals surface area contributed by atoms with Crippen molar-refractivity contribution in [3.63, 3.8) is 0 Å². The highest BCUT2D eigenvalue weighted by Crippen LogP contribution is 2.29. The van der Waals surface area contributed by atoms with Crippen LogP contribution in [0.3, 0.4) is 0 Å². The lowest BCUT2D eigenvalue weighted by Crippen LogP contribution is -2.24. The Morgan fingerprint density at radius 3 is 3.05 bits per heavy atom. The molecule has 1 aliphatic heterocycles. The molecule has 0 aliphatic carbocycles. The Hall–Kier alpha value is -2.30. The maximum Gasteiger partial charge on any atom is 0.354 e. The Bertz CT molecular complexity index is 608. The summed E-state index contributed by atoms with van der Waals surface area (Å²) in [6, 6.07) is 7.89. The van der Waals surface area contributed by atoms with Gasteiger partial charge in [-0.1, -0.05) is 18.2 Å². The van der Waals surface area contributed by atoms with Gasteiger partial charge in [0.15, 0.2) is 0 Å². The van der Waals surface area contributed by atoms with E-state index in [1.165, 1.54) is 11.8 Å². The first-order chi connectivity index (χ1) is 9.15. The Morgan fingerprint density at radius 2 is 2.32 bits per heavy atom. The van der Waals surface area contributed by atoms with Crippen LogP contribution in [0, 0.1) is 6.92 Å². The van der Waals surface area contributed by atoms with Crippen molar-refractivity contribution in [3.8, 4) is 5.75 Å². The fourth-order valence-corrected chi connectivity index (χ4v) is 2.43. The minimum atomic E-state index is -0.962. The van der Waals surface area contributed by atoms with Crippen molar-refractivity contribution in [2.45, 2.75) is 26.0 Å². The summed E-state index contributed by atoms with van der Waals surface area (Å²) in [5.74, 6) is 0.621. The van der Waals surface area contributed by atoms with Crippen LogP contribution in [0.5, 0.6) is 5.75 Å². The molecule has 3 rings (SSSR count). The van der Waals surface area contributed by atoms with E-state index in [4.69, 9.17) is 9.84 Å². The van der Waals surface area contributed by atoms with E-state index in [1.807, 2.05) is 24.3 Å². The first-order valence-corrected chi connectivity index (χ1v) is 6.15. The number of hydrogen-bond donors (Lipinski definition) is 1. The number of ether oxygens (including phenoxy) is 1. The summed E-state index contributed by atoms with van der Waals surface area (Å²) in [5, 5.41) is 9.12. The molecule has 1 N–H and O–H groups in total. The van der Waals surface area contributed by atoms with Gasteiger partial charge >= 0.3 is 5.97 Å². The summed E-state index contributed by atoms with van der Waals surface area (Å²) in [5.41, 5.74) is 1.37. The number of benzene rings is 1. The number of para-hydroxylation sites is 1. The van der Waals surface area contributed by atoms with Crippen LogP contribution in [-0.2, 0) is 13.0 Å². The molecule has 1 atom stereocenters. The molecule has 0 bridgehead atoms. The molecule has 2 heterocycles. The molecule has 5 heteroatoms.